The van der Waals surface area contributed by atoms with Crippen LogP contribution in [0.25, 0.3) is 0 Å². The smallest absolute Gasteiger partial charge is 0.196 e. The number of aromatic hydroxyl groups is 2. The third-order valence-electron chi connectivity index (χ3n) is 2.81. The molecule has 0 atom stereocenters. The maximum absolute atomic E-state index is 12.1. The molecule has 2 rings (SSSR count). The summed E-state index contributed by atoms with van der Waals surface area (Å²) in [6, 6.07) is 11.1. The summed E-state index contributed by atoms with van der Waals surface area (Å²) in [6.45, 7) is 1.27. The van der Waals surface area contributed by atoms with Crippen LogP contribution in [-0.2, 0) is 0 Å². The van der Waals surface area contributed by atoms with Gasteiger partial charge in [0.1, 0.15) is 0 Å². The molecule has 0 fully saturated rings. The predicted molar refractivity (Wildman–Crippen MR) is 69.7 cm³/mol. The lowest BCUT2D eigenvalue weighted by atomic mass is 9.99. The first kappa shape index (κ1) is 12.8. The monoisotopic (exact) mass is 256 g/mol. The number of hydrogen-bond acceptors (Lipinski definition) is 4. The van der Waals surface area contributed by atoms with Crippen LogP contribution in [-0.4, -0.2) is 21.8 Å². The molecule has 4 nitrogen and oxygen atoms in total. The largest absolute Gasteiger partial charge is 0.504 e. The van der Waals surface area contributed by atoms with E-state index in [1.807, 2.05) is 0 Å². The van der Waals surface area contributed by atoms with E-state index in [0.717, 1.165) is 0 Å². The lowest BCUT2D eigenvalue weighted by Crippen LogP contribution is -2.03. The number of carbonyl (C=O) groups is 2. The highest BCUT2D eigenvalue weighted by Crippen LogP contribution is 2.34. The van der Waals surface area contributed by atoms with E-state index in [4.69, 9.17) is 0 Å². The Bertz CT molecular complexity index is 645. The molecule has 0 aliphatic rings. The minimum Gasteiger partial charge on any atom is -0.504 e. The Hall–Kier alpha value is -2.62. The molecule has 96 valence electrons. The Balaban J connectivity index is 2.51. The van der Waals surface area contributed by atoms with Crippen LogP contribution in [0, 0.1) is 0 Å². The molecule has 0 saturated carbocycles. The second-order valence-electron chi connectivity index (χ2n) is 4.11. The van der Waals surface area contributed by atoms with Crippen molar-refractivity contribution < 1.29 is 19.8 Å². The van der Waals surface area contributed by atoms with Crippen molar-refractivity contribution in [2.75, 3.05) is 0 Å². The molecular weight excluding hydrogens is 244 g/mol. The molecule has 0 heterocycles. The van der Waals surface area contributed by atoms with Gasteiger partial charge in [-0.2, -0.15) is 0 Å². The molecule has 0 bridgehead atoms. The van der Waals surface area contributed by atoms with E-state index in [2.05, 4.69) is 0 Å². The second kappa shape index (κ2) is 4.94. The Morgan fingerprint density at radius 2 is 1.37 bits per heavy atom. The first-order valence-electron chi connectivity index (χ1n) is 5.68. The molecule has 0 radical (unpaired) electrons. The van der Waals surface area contributed by atoms with Crippen LogP contribution in [0.4, 0.5) is 0 Å². The number of Topliss-reactive ketones (excluding diaryl/α,β-unsaturated/α-hetero) is 1. The highest BCUT2D eigenvalue weighted by molar-refractivity contribution is 6.12. The summed E-state index contributed by atoms with van der Waals surface area (Å²) in [5.74, 6) is -1.93. The van der Waals surface area contributed by atoms with Crippen LogP contribution >= 0.6 is 0 Å². The van der Waals surface area contributed by atoms with E-state index in [9.17, 15) is 19.8 Å². The van der Waals surface area contributed by atoms with Crippen molar-refractivity contribution in [1.82, 2.24) is 0 Å². The van der Waals surface area contributed by atoms with E-state index in [0.29, 0.717) is 5.56 Å². The van der Waals surface area contributed by atoms with Crippen LogP contribution in [0.2, 0.25) is 0 Å². The van der Waals surface area contributed by atoms with Crippen molar-refractivity contribution in [3.63, 3.8) is 0 Å². The fourth-order valence-corrected chi connectivity index (χ4v) is 1.79. The lowest BCUT2D eigenvalue weighted by Gasteiger charge is -2.08. The first-order chi connectivity index (χ1) is 9.02. The van der Waals surface area contributed by atoms with Crippen LogP contribution in [0.1, 0.15) is 33.2 Å². The van der Waals surface area contributed by atoms with Gasteiger partial charge in [-0.3, -0.25) is 9.59 Å². The molecule has 0 saturated heterocycles. The van der Waals surface area contributed by atoms with Crippen LogP contribution in [0.3, 0.4) is 0 Å². The zero-order valence-electron chi connectivity index (χ0n) is 10.3. The molecule has 0 unspecified atom stereocenters. The number of rotatable bonds is 3. The number of phenolic OH excluding ortho intramolecular Hbond substituents is 2. The minimum absolute atomic E-state index is 0.0119. The van der Waals surface area contributed by atoms with Crippen molar-refractivity contribution in [3.05, 3.63) is 59.2 Å². The maximum atomic E-state index is 12.1. The van der Waals surface area contributed by atoms with E-state index in [1.54, 1.807) is 30.3 Å². The normalized spacial score (nSPS) is 10.2. The molecule has 0 aromatic heterocycles. The third kappa shape index (κ3) is 2.33. The molecule has 0 aliphatic carbocycles. The average molecular weight is 256 g/mol. The van der Waals surface area contributed by atoms with E-state index in [-0.39, 0.29) is 16.9 Å². The number of benzene rings is 2. The van der Waals surface area contributed by atoms with Gasteiger partial charge in [0, 0.05) is 5.56 Å². The molecule has 0 aliphatic heterocycles. The van der Waals surface area contributed by atoms with Gasteiger partial charge in [-0.1, -0.05) is 30.3 Å². The Morgan fingerprint density at radius 1 is 0.842 bits per heavy atom. The highest BCUT2D eigenvalue weighted by atomic mass is 16.3. The number of carbonyl (C=O) groups excluding carboxylic acids is 2. The van der Waals surface area contributed by atoms with Crippen molar-refractivity contribution in [2.45, 2.75) is 6.92 Å². The van der Waals surface area contributed by atoms with Crippen LogP contribution in [0.15, 0.2) is 42.5 Å². The molecule has 2 N–H and O–H groups in total. The topological polar surface area (TPSA) is 74.6 Å². The van der Waals surface area contributed by atoms with Gasteiger partial charge in [0.05, 0.1) is 11.1 Å². The summed E-state index contributed by atoms with van der Waals surface area (Å²) in [7, 11) is 0. The summed E-state index contributed by atoms with van der Waals surface area (Å²) < 4.78 is 0. The van der Waals surface area contributed by atoms with Gasteiger partial charge in [-0.05, 0) is 19.1 Å². The fourth-order valence-electron chi connectivity index (χ4n) is 1.79. The summed E-state index contributed by atoms with van der Waals surface area (Å²) in [5, 5.41) is 19.6. The Morgan fingerprint density at radius 3 is 1.95 bits per heavy atom. The minimum atomic E-state index is -0.568. The van der Waals surface area contributed by atoms with Gasteiger partial charge in [0.15, 0.2) is 23.1 Å². The van der Waals surface area contributed by atoms with Crippen LogP contribution < -0.4 is 0 Å². The lowest BCUT2D eigenvalue weighted by molar-refractivity contribution is 0.100. The zero-order valence-corrected chi connectivity index (χ0v) is 10.3. The number of hydrogen-bond donors (Lipinski definition) is 2. The van der Waals surface area contributed by atoms with Gasteiger partial charge in [0.2, 0.25) is 0 Å². The van der Waals surface area contributed by atoms with Gasteiger partial charge < -0.3 is 10.2 Å². The Labute approximate surface area is 109 Å². The highest BCUT2D eigenvalue weighted by Gasteiger charge is 2.19. The van der Waals surface area contributed by atoms with Gasteiger partial charge in [0.25, 0.3) is 0 Å². The van der Waals surface area contributed by atoms with E-state index < -0.39 is 17.3 Å². The average Bonchev–Trinajstić information content (AvgIpc) is 2.41. The summed E-state index contributed by atoms with van der Waals surface area (Å²) in [5.41, 5.74) is 0.351. The number of phenols is 2. The first-order valence-corrected chi connectivity index (χ1v) is 5.68. The molecule has 2 aromatic carbocycles. The van der Waals surface area contributed by atoms with Crippen LogP contribution in [0.5, 0.6) is 11.5 Å². The van der Waals surface area contributed by atoms with Gasteiger partial charge >= 0.3 is 0 Å². The van der Waals surface area contributed by atoms with E-state index >= 15 is 0 Å². The molecular formula is C15H12O4. The molecule has 4 heteroatoms. The second-order valence-corrected chi connectivity index (χ2v) is 4.11. The molecule has 0 spiro atoms. The van der Waals surface area contributed by atoms with Gasteiger partial charge in [-0.15, -0.1) is 0 Å². The molecule has 2 aromatic rings. The van der Waals surface area contributed by atoms with Crippen molar-refractivity contribution >= 4 is 11.6 Å². The SMILES string of the molecule is CC(=O)c1ccc(C(=O)c2ccccc2)c(O)c1O. The van der Waals surface area contributed by atoms with Crippen molar-refractivity contribution in [1.29, 1.82) is 0 Å². The fraction of sp³-hybridized carbons (Fsp3) is 0.0667. The standard InChI is InChI=1S/C15H12O4/c1-9(16)11-7-8-12(15(19)14(11)18)13(17)10-5-3-2-4-6-10/h2-8,18-19H,1H3. The summed E-state index contributed by atoms with van der Waals surface area (Å²) >= 11 is 0. The molecule has 0 amide bonds. The molecule has 19 heavy (non-hydrogen) atoms. The number of ketones is 2. The third-order valence-corrected chi connectivity index (χ3v) is 2.81. The maximum Gasteiger partial charge on any atom is 0.196 e. The van der Waals surface area contributed by atoms with Crippen molar-refractivity contribution in [2.24, 2.45) is 0 Å². The summed E-state index contributed by atoms with van der Waals surface area (Å²) in [4.78, 5) is 23.4. The van der Waals surface area contributed by atoms with E-state index in [1.165, 1.54) is 19.1 Å². The quantitative estimate of drug-likeness (QED) is 0.653. The Kier molecular flexibility index (Phi) is 3.33. The zero-order chi connectivity index (χ0) is 14.0. The van der Waals surface area contributed by atoms with Crippen molar-refractivity contribution in [3.8, 4) is 11.5 Å². The summed E-state index contributed by atoms with van der Waals surface area (Å²) in [6.07, 6.45) is 0. The predicted octanol–water partition coefficient (Wildman–Crippen LogP) is 2.53. The van der Waals surface area contributed by atoms with Gasteiger partial charge in [-0.25, -0.2) is 0 Å².